The van der Waals surface area contributed by atoms with Gasteiger partial charge in [-0.25, -0.2) is 8.42 Å². The average molecular weight is 401 g/mol. The topological polar surface area (TPSA) is 66.5 Å². The number of amides is 1. The summed E-state index contributed by atoms with van der Waals surface area (Å²) >= 11 is 0. The summed E-state index contributed by atoms with van der Waals surface area (Å²) in [6.45, 7) is 6.96. The van der Waals surface area contributed by atoms with Gasteiger partial charge < -0.3 is 5.32 Å². The van der Waals surface area contributed by atoms with Crippen LogP contribution in [0.2, 0.25) is 0 Å². The average Bonchev–Trinajstić information content (AvgIpc) is 2.68. The first kappa shape index (κ1) is 20.6. The molecule has 1 aliphatic rings. The quantitative estimate of drug-likeness (QED) is 0.843. The fourth-order valence-corrected chi connectivity index (χ4v) is 5.14. The second-order valence-electron chi connectivity index (χ2n) is 8.30. The molecule has 0 aromatic heterocycles. The van der Waals surface area contributed by atoms with Gasteiger partial charge in [0.05, 0.1) is 10.8 Å². The summed E-state index contributed by atoms with van der Waals surface area (Å²) in [6, 6.07) is 16.2. The minimum absolute atomic E-state index is 0.0981. The van der Waals surface area contributed by atoms with Gasteiger partial charge in [0.2, 0.25) is 15.9 Å². The number of sulfonamides is 1. The van der Waals surface area contributed by atoms with Crippen molar-refractivity contribution in [3.8, 4) is 0 Å². The molecule has 150 valence electrons. The number of nitrogens with zero attached hydrogens (tertiary/aromatic N) is 1. The summed E-state index contributed by atoms with van der Waals surface area (Å²) in [5.74, 6) is -0.482. The van der Waals surface area contributed by atoms with Crippen molar-refractivity contribution in [2.45, 2.75) is 43.9 Å². The Morgan fingerprint density at radius 3 is 2.36 bits per heavy atom. The molecule has 2 aromatic rings. The van der Waals surface area contributed by atoms with Gasteiger partial charge in [-0.05, 0) is 42.0 Å². The highest BCUT2D eigenvalue weighted by molar-refractivity contribution is 7.89. The molecule has 1 N–H and O–H groups in total. The molecule has 1 atom stereocenters. The molecule has 1 unspecified atom stereocenters. The number of rotatable bonds is 4. The van der Waals surface area contributed by atoms with E-state index in [9.17, 15) is 13.2 Å². The molecule has 2 aromatic carbocycles. The fraction of sp³-hybridized carbons (Fsp3) is 0.409. The van der Waals surface area contributed by atoms with E-state index in [-0.39, 0.29) is 28.7 Å². The molecule has 1 heterocycles. The van der Waals surface area contributed by atoms with E-state index in [1.54, 1.807) is 30.3 Å². The number of hydrogen-bond donors (Lipinski definition) is 1. The van der Waals surface area contributed by atoms with Crippen molar-refractivity contribution in [3.63, 3.8) is 0 Å². The molecule has 0 spiro atoms. The highest BCUT2D eigenvalue weighted by atomic mass is 32.2. The lowest BCUT2D eigenvalue weighted by Gasteiger charge is -2.31. The Kier molecular flexibility index (Phi) is 5.91. The van der Waals surface area contributed by atoms with Crippen LogP contribution in [0.1, 0.15) is 39.2 Å². The van der Waals surface area contributed by atoms with Crippen molar-refractivity contribution in [3.05, 3.63) is 60.2 Å². The summed E-state index contributed by atoms with van der Waals surface area (Å²) in [7, 11) is -3.58. The van der Waals surface area contributed by atoms with Gasteiger partial charge in [-0.1, -0.05) is 57.2 Å². The van der Waals surface area contributed by atoms with Gasteiger partial charge in [0, 0.05) is 18.8 Å². The Labute approximate surface area is 167 Å². The first-order valence-electron chi connectivity index (χ1n) is 9.65. The van der Waals surface area contributed by atoms with E-state index in [0.29, 0.717) is 19.4 Å². The molecule has 1 aliphatic heterocycles. The SMILES string of the molecule is CC(C)(C)c1ccccc1NC(=O)C1CCCN(S(=O)(=O)c2ccccc2)C1. The number of anilines is 1. The van der Waals surface area contributed by atoms with Crippen LogP contribution >= 0.6 is 0 Å². The maximum Gasteiger partial charge on any atom is 0.243 e. The van der Waals surface area contributed by atoms with E-state index < -0.39 is 10.0 Å². The number of benzene rings is 2. The lowest BCUT2D eigenvalue weighted by molar-refractivity contribution is -0.120. The molecule has 0 saturated carbocycles. The maximum atomic E-state index is 12.9. The maximum absolute atomic E-state index is 12.9. The zero-order chi connectivity index (χ0) is 20.4. The van der Waals surface area contributed by atoms with E-state index in [2.05, 4.69) is 26.1 Å². The lowest BCUT2D eigenvalue weighted by Crippen LogP contribution is -2.43. The predicted molar refractivity (Wildman–Crippen MR) is 112 cm³/mol. The van der Waals surface area contributed by atoms with Crippen LogP contribution in [-0.2, 0) is 20.2 Å². The summed E-state index contributed by atoms with van der Waals surface area (Å²) in [4.78, 5) is 13.2. The number of nitrogens with one attached hydrogen (secondary N) is 1. The highest BCUT2D eigenvalue weighted by Crippen LogP contribution is 2.30. The zero-order valence-electron chi connectivity index (χ0n) is 16.7. The highest BCUT2D eigenvalue weighted by Gasteiger charge is 2.33. The minimum atomic E-state index is -3.58. The molecule has 0 radical (unpaired) electrons. The summed E-state index contributed by atoms with van der Waals surface area (Å²) in [5, 5.41) is 3.04. The van der Waals surface area contributed by atoms with Crippen LogP contribution < -0.4 is 5.32 Å². The van der Waals surface area contributed by atoms with Crippen LogP contribution in [-0.4, -0.2) is 31.7 Å². The van der Waals surface area contributed by atoms with Crippen molar-refractivity contribution in [1.29, 1.82) is 0 Å². The molecular weight excluding hydrogens is 372 g/mol. The normalized spacial score (nSPS) is 18.6. The van der Waals surface area contributed by atoms with Crippen molar-refractivity contribution in [1.82, 2.24) is 4.31 Å². The van der Waals surface area contributed by atoms with Gasteiger partial charge in [0.1, 0.15) is 0 Å². The third-order valence-corrected chi connectivity index (χ3v) is 7.01. The van der Waals surface area contributed by atoms with Crippen molar-refractivity contribution < 1.29 is 13.2 Å². The van der Waals surface area contributed by atoms with Crippen molar-refractivity contribution >= 4 is 21.6 Å². The molecule has 0 bridgehead atoms. The lowest BCUT2D eigenvalue weighted by atomic mass is 9.85. The summed E-state index contributed by atoms with van der Waals surface area (Å²) in [5.41, 5.74) is 1.76. The number of para-hydroxylation sites is 1. The molecule has 1 saturated heterocycles. The number of carbonyl (C=O) groups is 1. The predicted octanol–water partition coefficient (Wildman–Crippen LogP) is 4.02. The zero-order valence-corrected chi connectivity index (χ0v) is 17.5. The van der Waals surface area contributed by atoms with Gasteiger partial charge in [0.15, 0.2) is 0 Å². The minimum Gasteiger partial charge on any atom is -0.326 e. The Morgan fingerprint density at radius 1 is 1.04 bits per heavy atom. The van der Waals surface area contributed by atoms with Gasteiger partial charge in [-0.2, -0.15) is 4.31 Å². The Hall–Kier alpha value is -2.18. The molecule has 28 heavy (non-hydrogen) atoms. The van der Waals surface area contributed by atoms with Gasteiger partial charge in [-0.15, -0.1) is 0 Å². The van der Waals surface area contributed by atoms with Gasteiger partial charge in [-0.3, -0.25) is 4.79 Å². The van der Waals surface area contributed by atoms with Gasteiger partial charge in [0.25, 0.3) is 0 Å². The summed E-state index contributed by atoms with van der Waals surface area (Å²) < 4.78 is 27.2. The van der Waals surface area contributed by atoms with E-state index >= 15 is 0 Å². The van der Waals surface area contributed by atoms with Crippen LogP contribution in [0.3, 0.4) is 0 Å². The number of hydrogen-bond acceptors (Lipinski definition) is 3. The van der Waals surface area contributed by atoms with E-state index in [0.717, 1.165) is 11.3 Å². The Balaban J connectivity index is 1.76. The smallest absolute Gasteiger partial charge is 0.243 e. The first-order chi connectivity index (χ1) is 13.2. The van der Waals surface area contributed by atoms with Crippen LogP contribution in [0.4, 0.5) is 5.69 Å². The van der Waals surface area contributed by atoms with Crippen LogP contribution in [0, 0.1) is 5.92 Å². The third-order valence-electron chi connectivity index (χ3n) is 5.13. The van der Waals surface area contributed by atoms with Crippen LogP contribution in [0.5, 0.6) is 0 Å². The number of carbonyl (C=O) groups excluding carboxylic acids is 1. The molecule has 3 rings (SSSR count). The monoisotopic (exact) mass is 400 g/mol. The van der Waals surface area contributed by atoms with Crippen LogP contribution in [0.25, 0.3) is 0 Å². The van der Waals surface area contributed by atoms with Crippen molar-refractivity contribution in [2.75, 3.05) is 18.4 Å². The van der Waals surface area contributed by atoms with E-state index in [1.165, 1.54) is 4.31 Å². The van der Waals surface area contributed by atoms with E-state index in [4.69, 9.17) is 0 Å². The van der Waals surface area contributed by atoms with Gasteiger partial charge >= 0.3 is 0 Å². The second kappa shape index (κ2) is 8.05. The molecule has 1 fully saturated rings. The molecular formula is C22H28N2O3S. The van der Waals surface area contributed by atoms with E-state index in [1.807, 2.05) is 24.3 Å². The molecule has 6 heteroatoms. The Morgan fingerprint density at radius 2 is 1.68 bits per heavy atom. The standard InChI is InChI=1S/C22H28N2O3S/c1-22(2,3)19-13-7-8-14-20(19)23-21(25)17-10-9-15-24(16-17)28(26,27)18-11-5-4-6-12-18/h4-8,11-14,17H,9-10,15-16H2,1-3H3,(H,23,25). The third kappa shape index (κ3) is 4.45. The molecule has 0 aliphatic carbocycles. The molecule has 1 amide bonds. The van der Waals surface area contributed by atoms with Crippen molar-refractivity contribution in [2.24, 2.45) is 5.92 Å². The fourth-order valence-electron chi connectivity index (χ4n) is 3.60. The van der Waals surface area contributed by atoms with Crippen LogP contribution in [0.15, 0.2) is 59.5 Å². The second-order valence-corrected chi connectivity index (χ2v) is 10.2. The largest absolute Gasteiger partial charge is 0.326 e. The molecule has 5 nitrogen and oxygen atoms in total. The Bertz CT molecular complexity index is 934. The summed E-state index contributed by atoms with van der Waals surface area (Å²) in [6.07, 6.45) is 1.36. The first-order valence-corrected chi connectivity index (χ1v) is 11.1. The number of piperidine rings is 1.